The highest BCUT2D eigenvalue weighted by Crippen LogP contribution is 2.27. The summed E-state index contributed by atoms with van der Waals surface area (Å²) in [6.07, 6.45) is 9.24. The van der Waals surface area contributed by atoms with Crippen LogP contribution < -0.4 is 4.74 Å². The van der Waals surface area contributed by atoms with E-state index in [0.717, 1.165) is 10.0 Å². The maximum atomic E-state index is 12.7. The molecule has 5 rings (SSSR count). The van der Waals surface area contributed by atoms with Gasteiger partial charge in [-0.15, -0.1) is 0 Å². The van der Waals surface area contributed by atoms with Crippen molar-refractivity contribution in [1.82, 2.24) is 29.6 Å². The van der Waals surface area contributed by atoms with Crippen LogP contribution in [0.5, 0.6) is 5.88 Å². The fourth-order valence-corrected chi connectivity index (χ4v) is 5.20. The highest BCUT2D eigenvalue weighted by atomic mass is 79.9. The Morgan fingerprint density at radius 1 is 1.11 bits per heavy atom. The first-order valence-electron chi connectivity index (χ1n) is 11.3. The van der Waals surface area contributed by atoms with Crippen LogP contribution in [0.3, 0.4) is 0 Å². The molecule has 10 nitrogen and oxygen atoms in total. The number of rotatable bonds is 6. The SMILES string of the molecule is CS(=O)(=O)c1ccc(-n2ncc3c(OC4CCN(C(=O)Cc5cncc(Br)c5)CC4)ncnc32)cc1. The van der Waals surface area contributed by atoms with E-state index in [-0.39, 0.29) is 16.9 Å². The fourth-order valence-electron chi connectivity index (χ4n) is 4.16. The quantitative estimate of drug-likeness (QED) is 0.347. The van der Waals surface area contributed by atoms with Crippen molar-refractivity contribution in [3.63, 3.8) is 0 Å². The molecule has 1 saturated heterocycles. The van der Waals surface area contributed by atoms with Gasteiger partial charge in [0.2, 0.25) is 11.8 Å². The summed E-state index contributed by atoms with van der Waals surface area (Å²) in [5.74, 6) is 0.505. The number of benzene rings is 1. The summed E-state index contributed by atoms with van der Waals surface area (Å²) in [6, 6.07) is 8.35. The number of likely N-dealkylation sites (tertiary alicyclic amines) is 1. The van der Waals surface area contributed by atoms with Gasteiger partial charge in [0.15, 0.2) is 15.5 Å². The van der Waals surface area contributed by atoms with Crippen LogP contribution in [-0.2, 0) is 21.1 Å². The van der Waals surface area contributed by atoms with Gasteiger partial charge >= 0.3 is 0 Å². The molecule has 1 fully saturated rings. The van der Waals surface area contributed by atoms with Crippen molar-refractivity contribution in [2.45, 2.75) is 30.3 Å². The first-order valence-corrected chi connectivity index (χ1v) is 14.0. The molecule has 36 heavy (non-hydrogen) atoms. The Kier molecular flexibility index (Phi) is 6.71. The maximum Gasteiger partial charge on any atom is 0.228 e. The van der Waals surface area contributed by atoms with Crippen LogP contribution in [0.4, 0.5) is 0 Å². The number of halogens is 1. The molecule has 0 radical (unpaired) electrons. The lowest BCUT2D eigenvalue weighted by Gasteiger charge is -2.32. The number of piperidine rings is 1. The highest BCUT2D eigenvalue weighted by molar-refractivity contribution is 9.10. The third-order valence-electron chi connectivity index (χ3n) is 6.03. The second-order valence-electron chi connectivity index (χ2n) is 8.62. The van der Waals surface area contributed by atoms with Gasteiger partial charge in [-0.3, -0.25) is 9.78 Å². The number of carbonyl (C=O) groups is 1. The van der Waals surface area contributed by atoms with E-state index in [1.54, 1.807) is 47.5 Å². The molecular formula is C24H23BrN6O4S. The van der Waals surface area contributed by atoms with Crippen molar-refractivity contribution < 1.29 is 17.9 Å². The Labute approximate surface area is 216 Å². The molecule has 0 spiro atoms. The number of pyridine rings is 1. The van der Waals surface area contributed by atoms with Gasteiger partial charge in [-0.05, 0) is 51.8 Å². The molecule has 0 atom stereocenters. The van der Waals surface area contributed by atoms with E-state index in [1.165, 1.54) is 12.6 Å². The summed E-state index contributed by atoms with van der Waals surface area (Å²) in [7, 11) is -3.29. The predicted octanol–water partition coefficient (Wildman–Crippen LogP) is 2.99. The third kappa shape index (κ3) is 5.24. The van der Waals surface area contributed by atoms with Crippen molar-refractivity contribution in [2.75, 3.05) is 19.3 Å². The number of amides is 1. The minimum atomic E-state index is -3.29. The van der Waals surface area contributed by atoms with Crippen LogP contribution in [0, 0.1) is 0 Å². The lowest BCUT2D eigenvalue weighted by Crippen LogP contribution is -2.42. The van der Waals surface area contributed by atoms with Gasteiger partial charge in [0.1, 0.15) is 17.8 Å². The summed E-state index contributed by atoms with van der Waals surface area (Å²) in [5.41, 5.74) is 2.11. The van der Waals surface area contributed by atoms with Gasteiger partial charge in [-0.1, -0.05) is 0 Å². The molecule has 1 aliphatic heterocycles. The Morgan fingerprint density at radius 3 is 2.56 bits per heavy atom. The van der Waals surface area contributed by atoms with Crippen LogP contribution in [0.25, 0.3) is 16.7 Å². The summed E-state index contributed by atoms with van der Waals surface area (Å²) in [4.78, 5) is 27.6. The number of nitrogens with zero attached hydrogens (tertiary/aromatic N) is 6. The molecule has 1 amide bonds. The number of carbonyl (C=O) groups excluding carboxylic acids is 1. The van der Waals surface area contributed by atoms with E-state index >= 15 is 0 Å². The van der Waals surface area contributed by atoms with Crippen LogP contribution in [0.2, 0.25) is 0 Å². The average Bonchev–Trinajstić information content (AvgIpc) is 3.29. The second kappa shape index (κ2) is 9.94. The van der Waals surface area contributed by atoms with Crippen molar-refractivity contribution in [2.24, 2.45) is 0 Å². The first-order chi connectivity index (χ1) is 17.3. The largest absolute Gasteiger partial charge is 0.474 e. The number of sulfone groups is 1. The predicted molar refractivity (Wildman–Crippen MR) is 136 cm³/mol. The minimum Gasteiger partial charge on any atom is -0.474 e. The summed E-state index contributed by atoms with van der Waals surface area (Å²) >= 11 is 3.39. The number of hydrogen-bond acceptors (Lipinski definition) is 8. The molecule has 0 bridgehead atoms. The van der Waals surface area contributed by atoms with E-state index in [9.17, 15) is 13.2 Å². The van der Waals surface area contributed by atoms with Gasteiger partial charge in [0, 0.05) is 49.1 Å². The van der Waals surface area contributed by atoms with Crippen molar-refractivity contribution in [1.29, 1.82) is 0 Å². The molecule has 0 saturated carbocycles. The van der Waals surface area contributed by atoms with Gasteiger partial charge in [0.05, 0.1) is 23.2 Å². The molecule has 1 aromatic carbocycles. The lowest BCUT2D eigenvalue weighted by molar-refractivity contribution is -0.132. The van der Waals surface area contributed by atoms with Crippen molar-refractivity contribution in [3.05, 3.63) is 65.3 Å². The average molecular weight is 571 g/mol. The summed E-state index contributed by atoms with van der Waals surface area (Å²) in [6.45, 7) is 1.20. The zero-order valence-corrected chi connectivity index (χ0v) is 21.8. The van der Waals surface area contributed by atoms with Crippen molar-refractivity contribution >= 4 is 42.7 Å². The maximum absolute atomic E-state index is 12.7. The molecular weight excluding hydrogens is 548 g/mol. The molecule has 4 heterocycles. The molecule has 186 valence electrons. The number of aromatic nitrogens is 5. The molecule has 3 aromatic heterocycles. The van der Waals surface area contributed by atoms with Gasteiger partial charge in [-0.2, -0.15) is 5.10 Å². The normalized spacial score (nSPS) is 14.8. The number of ether oxygens (including phenoxy) is 1. The van der Waals surface area contributed by atoms with Gasteiger partial charge in [0.25, 0.3) is 0 Å². The Morgan fingerprint density at radius 2 is 1.86 bits per heavy atom. The highest BCUT2D eigenvalue weighted by Gasteiger charge is 2.25. The van der Waals surface area contributed by atoms with Crippen LogP contribution in [0.15, 0.2) is 64.6 Å². The smallest absolute Gasteiger partial charge is 0.228 e. The fraction of sp³-hybridized carbons (Fsp3) is 0.292. The topological polar surface area (TPSA) is 120 Å². The lowest BCUT2D eigenvalue weighted by atomic mass is 10.1. The zero-order chi connectivity index (χ0) is 25.3. The summed E-state index contributed by atoms with van der Waals surface area (Å²) in [5, 5.41) is 5.07. The summed E-state index contributed by atoms with van der Waals surface area (Å²) < 4.78 is 32.2. The number of fused-ring (bicyclic) bond motifs is 1. The van der Waals surface area contributed by atoms with E-state index in [0.29, 0.717) is 55.0 Å². The van der Waals surface area contributed by atoms with Gasteiger partial charge < -0.3 is 9.64 Å². The second-order valence-corrected chi connectivity index (χ2v) is 11.6. The van der Waals surface area contributed by atoms with E-state index < -0.39 is 9.84 Å². The Hall–Kier alpha value is -3.38. The standard InChI is InChI=1S/C24H23BrN6O4S/c1-36(33,34)20-4-2-18(3-5-20)31-23-21(14-29-31)24(28-15-27-23)35-19-6-8-30(9-7-19)22(32)11-16-10-17(25)13-26-12-16/h2-5,10,12-15,19H,6-9,11H2,1H3. The van der Waals surface area contributed by atoms with E-state index in [4.69, 9.17) is 4.74 Å². The minimum absolute atomic E-state index is 0.0703. The van der Waals surface area contributed by atoms with Crippen molar-refractivity contribution in [3.8, 4) is 11.6 Å². The molecule has 1 aliphatic rings. The zero-order valence-electron chi connectivity index (χ0n) is 19.4. The number of hydrogen-bond donors (Lipinski definition) is 0. The third-order valence-corrected chi connectivity index (χ3v) is 7.59. The molecule has 0 unspecified atom stereocenters. The molecule has 12 heteroatoms. The van der Waals surface area contributed by atoms with Gasteiger partial charge in [-0.25, -0.2) is 23.1 Å². The van der Waals surface area contributed by atoms with E-state index in [1.807, 2.05) is 11.0 Å². The van der Waals surface area contributed by atoms with E-state index in [2.05, 4.69) is 36.0 Å². The molecule has 0 aliphatic carbocycles. The monoisotopic (exact) mass is 570 g/mol. The van der Waals surface area contributed by atoms with Crippen LogP contribution >= 0.6 is 15.9 Å². The molecule has 0 N–H and O–H groups in total. The molecule has 4 aromatic rings. The first kappa shape index (κ1) is 24.3. The van der Waals surface area contributed by atoms with Crippen LogP contribution in [0.1, 0.15) is 18.4 Å². The Balaban J connectivity index is 1.25. The Bertz CT molecular complexity index is 1520. The van der Waals surface area contributed by atoms with Crippen LogP contribution in [-0.4, -0.2) is 69.4 Å².